The summed E-state index contributed by atoms with van der Waals surface area (Å²) < 4.78 is 41.1. The highest BCUT2D eigenvalue weighted by Crippen LogP contribution is 2.31. The second kappa shape index (κ2) is 5.94. The molecule has 2 aromatic carbocycles. The fourth-order valence-electron chi connectivity index (χ4n) is 1.77. The van der Waals surface area contributed by atoms with E-state index in [1.54, 1.807) is 18.2 Å². The number of nitrogens with two attached hydrogens (primary N) is 1. The van der Waals surface area contributed by atoms with Crippen molar-refractivity contribution in [2.75, 3.05) is 17.1 Å². The lowest BCUT2D eigenvalue weighted by Crippen LogP contribution is -2.28. The second-order valence-corrected chi connectivity index (χ2v) is 8.02. The van der Waals surface area contributed by atoms with E-state index in [9.17, 15) is 12.8 Å². The molecule has 0 saturated heterocycles. The van der Waals surface area contributed by atoms with Gasteiger partial charge in [-0.25, -0.2) is 12.8 Å². The summed E-state index contributed by atoms with van der Waals surface area (Å²) in [6.45, 7) is 0. The summed E-state index contributed by atoms with van der Waals surface area (Å²) in [5.41, 5.74) is 6.37. The maximum atomic E-state index is 13.9. The van der Waals surface area contributed by atoms with Gasteiger partial charge in [0.1, 0.15) is 10.7 Å². The molecule has 0 aliphatic heterocycles. The van der Waals surface area contributed by atoms with E-state index in [4.69, 9.17) is 5.73 Å². The molecule has 112 valence electrons. The van der Waals surface area contributed by atoms with Gasteiger partial charge in [0.25, 0.3) is 10.0 Å². The Hall–Kier alpha value is -1.12. The SMILES string of the molecule is CN(c1ccc(Br)cc1N)S(=O)(=O)c1ccc(Br)cc1F. The first kappa shape index (κ1) is 16.3. The Morgan fingerprint density at radius 3 is 2.24 bits per heavy atom. The number of anilines is 2. The van der Waals surface area contributed by atoms with Crippen LogP contribution in [-0.4, -0.2) is 15.5 Å². The van der Waals surface area contributed by atoms with Crippen LogP contribution in [0.4, 0.5) is 15.8 Å². The predicted molar refractivity (Wildman–Crippen MR) is 88.2 cm³/mol. The minimum Gasteiger partial charge on any atom is -0.397 e. The van der Waals surface area contributed by atoms with Crippen molar-refractivity contribution in [1.29, 1.82) is 0 Å². The summed E-state index contributed by atoms with van der Waals surface area (Å²) in [7, 11) is -2.70. The summed E-state index contributed by atoms with van der Waals surface area (Å²) in [4.78, 5) is -0.407. The van der Waals surface area contributed by atoms with Gasteiger partial charge >= 0.3 is 0 Å². The molecule has 2 rings (SSSR count). The fourth-order valence-corrected chi connectivity index (χ4v) is 3.75. The van der Waals surface area contributed by atoms with Gasteiger partial charge in [0, 0.05) is 16.0 Å². The molecule has 0 fully saturated rings. The Morgan fingerprint density at radius 1 is 1.10 bits per heavy atom. The van der Waals surface area contributed by atoms with E-state index in [0.29, 0.717) is 4.47 Å². The molecule has 21 heavy (non-hydrogen) atoms. The molecule has 4 nitrogen and oxygen atoms in total. The number of hydrogen-bond donors (Lipinski definition) is 1. The van der Waals surface area contributed by atoms with Crippen molar-refractivity contribution in [2.24, 2.45) is 0 Å². The number of benzene rings is 2. The minimum atomic E-state index is -4.03. The summed E-state index contributed by atoms with van der Waals surface area (Å²) >= 11 is 6.34. The zero-order chi connectivity index (χ0) is 15.8. The van der Waals surface area contributed by atoms with Crippen molar-refractivity contribution in [3.8, 4) is 0 Å². The first-order valence-electron chi connectivity index (χ1n) is 5.72. The average molecular weight is 438 g/mol. The fraction of sp³-hybridized carbons (Fsp3) is 0.0769. The van der Waals surface area contributed by atoms with Crippen molar-refractivity contribution in [3.63, 3.8) is 0 Å². The second-order valence-electron chi connectivity index (χ2n) is 4.25. The molecule has 0 spiro atoms. The largest absolute Gasteiger partial charge is 0.397 e. The minimum absolute atomic E-state index is 0.271. The third-order valence-electron chi connectivity index (χ3n) is 2.86. The number of hydrogen-bond acceptors (Lipinski definition) is 3. The molecular formula is C13H11Br2FN2O2S. The number of nitrogens with zero attached hydrogens (tertiary/aromatic N) is 1. The topological polar surface area (TPSA) is 63.4 Å². The Labute approximate surface area is 139 Å². The highest BCUT2D eigenvalue weighted by molar-refractivity contribution is 9.10. The van der Waals surface area contributed by atoms with Crippen molar-refractivity contribution in [3.05, 3.63) is 51.2 Å². The van der Waals surface area contributed by atoms with E-state index < -0.39 is 20.7 Å². The normalized spacial score (nSPS) is 11.4. The van der Waals surface area contributed by atoms with Crippen LogP contribution in [0.5, 0.6) is 0 Å². The predicted octanol–water partition coefficient (Wildman–Crippen LogP) is 3.76. The maximum absolute atomic E-state index is 13.9. The number of nitrogen functional groups attached to an aromatic ring is 1. The standard InChI is InChI=1S/C13H11Br2FN2O2S/c1-18(12-4-2-9(15)7-11(12)17)21(19,20)13-5-3-8(14)6-10(13)16/h2-7H,17H2,1H3. The molecule has 0 aliphatic carbocycles. The Kier molecular flexibility index (Phi) is 4.60. The molecule has 0 aromatic heterocycles. The zero-order valence-corrected chi connectivity index (χ0v) is 14.8. The van der Waals surface area contributed by atoms with Crippen LogP contribution >= 0.6 is 31.9 Å². The number of sulfonamides is 1. The van der Waals surface area contributed by atoms with Crippen LogP contribution in [0.25, 0.3) is 0 Å². The Balaban J connectivity index is 2.52. The lowest BCUT2D eigenvalue weighted by Gasteiger charge is -2.21. The van der Waals surface area contributed by atoms with Gasteiger partial charge in [-0.3, -0.25) is 4.31 Å². The molecule has 8 heteroatoms. The molecular weight excluding hydrogens is 427 g/mol. The maximum Gasteiger partial charge on any atom is 0.267 e. The molecule has 0 radical (unpaired) electrons. The van der Waals surface area contributed by atoms with Gasteiger partial charge in [0.05, 0.1) is 11.4 Å². The molecule has 0 atom stereocenters. The van der Waals surface area contributed by atoms with Crippen LogP contribution in [0, 0.1) is 5.82 Å². The highest BCUT2D eigenvalue weighted by atomic mass is 79.9. The lowest BCUT2D eigenvalue weighted by molar-refractivity contribution is 0.565. The van der Waals surface area contributed by atoms with Crippen molar-refractivity contribution in [2.45, 2.75) is 4.90 Å². The smallest absolute Gasteiger partial charge is 0.267 e. The molecule has 0 heterocycles. The van der Waals surface area contributed by atoms with Crippen LogP contribution in [0.1, 0.15) is 0 Å². The van der Waals surface area contributed by atoms with E-state index in [2.05, 4.69) is 31.9 Å². The molecule has 0 amide bonds. The van der Waals surface area contributed by atoms with Crippen molar-refractivity contribution >= 4 is 53.3 Å². The Morgan fingerprint density at radius 2 is 1.67 bits per heavy atom. The van der Waals surface area contributed by atoms with Gasteiger partial charge in [-0.15, -0.1) is 0 Å². The molecule has 2 N–H and O–H groups in total. The average Bonchev–Trinajstić information content (AvgIpc) is 2.37. The van der Waals surface area contributed by atoms with Crippen LogP contribution < -0.4 is 10.0 Å². The number of halogens is 3. The monoisotopic (exact) mass is 436 g/mol. The van der Waals surface area contributed by atoms with E-state index in [0.717, 1.165) is 14.8 Å². The highest BCUT2D eigenvalue weighted by Gasteiger charge is 2.26. The lowest BCUT2D eigenvalue weighted by atomic mass is 10.3. The van der Waals surface area contributed by atoms with Gasteiger partial charge in [-0.05, 0) is 36.4 Å². The summed E-state index contributed by atoms with van der Waals surface area (Å²) in [6.07, 6.45) is 0. The van der Waals surface area contributed by atoms with E-state index in [-0.39, 0.29) is 11.4 Å². The summed E-state index contributed by atoms with van der Waals surface area (Å²) in [6, 6.07) is 8.57. The molecule has 0 bridgehead atoms. The summed E-state index contributed by atoms with van der Waals surface area (Å²) in [5, 5.41) is 0. The van der Waals surface area contributed by atoms with E-state index in [1.807, 2.05) is 0 Å². The van der Waals surface area contributed by atoms with Crippen molar-refractivity contribution in [1.82, 2.24) is 0 Å². The first-order chi connectivity index (χ1) is 9.73. The van der Waals surface area contributed by atoms with Crippen LogP contribution in [0.15, 0.2) is 50.2 Å². The van der Waals surface area contributed by atoms with E-state index >= 15 is 0 Å². The molecule has 0 saturated carbocycles. The third-order valence-corrected chi connectivity index (χ3v) is 5.65. The van der Waals surface area contributed by atoms with Gasteiger partial charge in [-0.2, -0.15) is 0 Å². The first-order valence-corrected chi connectivity index (χ1v) is 8.75. The summed E-state index contributed by atoms with van der Waals surface area (Å²) in [5.74, 6) is -0.827. The van der Waals surface area contributed by atoms with Gasteiger partial charge in [0.2, 0.25) is 0 Å². The Bertz CT molecular complexity index is 797. The van der Waals surface area contributed by atoms with Crippen LogP contribution in [-0.2, 0) is 10.0 Å². The van der Waals surface area contributed by atoms with Gasteiger partial charge in [-0.1, -0.05) is 31.9 Å². The van der Waals surface area contributed by atoms with E-state index in [1.165, 1.54) is 19.2 Å². The molecule has 0 unspecified atom stereocenters. The quantitative estimate of drug-likeness (QED) is 0.743. The zero-order valence-electron chi connectivity index (χ0n) is 10.8. The number of rotatable bonds is 3. The van der Waals surface area contributed by atoms with Gasteiger partial charge in [0.15, 0.2) is 0 Å². The third kappa shape index (κ3) is 3.22. The van der Waals surface area contributed by atoms with Gasteiger partial charge < -0.3 is 5.73 Å². The van der Waals surface area contributed by atoms with Crippen molar-refractivity contribution < 1.29 is 12.8 Å². The van der Waals surface area contributed by atoms with Crippen LogP contribution in [0.3, 0.4) is 0 Å². The molecule has 2 aromatic rings. The molecule has 0 aliphatic rings. The van der Waals surface area contributed by atoms with Crippen LogP contribution in [0.2, 0.25) is 0 Å².